The van der Waals surface area contributed by atoms with Gasteiger partial charge < -0.3 is 5.32 Å². The Morgan fingerprint density at radius 3 is 2.91 bits per heavy atom. The molecule has 1 amide bonds. The standard InChI is InChI=1S/C18H28N4O/c1-3-14(2)12-21-8-5-9-22-17(13-21)10-16(20-22)11-19-18(23)15-6-4-7-15/h3,10,15H,4-9,11-13H2,1-2H3,(H,19,23). The first-order valence-corrected chi connectivity index (χ1v) is 8.83. The van der Waals surface area contributed by atoms with Gasteiger partial charge in [0, 0.05) is 32.1 Å². The van der Waals surface area contributed by atoms with Crippen LogP contribution in [0.1, 0.15) is 50.9 Å². The van der Waals surface area contributed by atoms with Gasteiger partial charge in [-0.25, -0.2) is 0 Å². The molecule has 0 bridgehead atoms. The Labute approximate surface area is 138 Å². The zero-order valence-electron chi connectivity index (χ0n) is 14.3. The van der Waals surface area contributed by atoms with Gasteiger partial charge in [-0.1, -0.05) is 18.1 Å². The van der Waals surface area contributed by atoms with Crippen LogP contribution in [0.25, 0.3) is 0 Å². The highest BCUT2D eigenvalue weighted by atomic mass is 16.1. The van der Waals surface area contributed by atoms with E-state index in [4.69, 9.17) is 0 Å². The van der Waals surface area contributed by atoms with Gasteiger partial charge in [0.25, 0.3) is 0 Å². The Balaban J connectivity index is 1.59. The number of nitrogens with zero attached hydrogens (tertiary/aromatic N) is 3. The minimum Gasteiger partial charge on any atom is -0.350 e. The van der Waals surface area contributed by atoms with Crippen molar-refractivity contribution in [3.63, 3.8) is 0 Å². The molecular formula is C18H28N4O. The molecule has 0 atom stereocenters. The smallest absolute Gasteiger partial charge is 0.223 e. The van der Waals surface area contributed by atoms with Crippen molar-refractivity contribution in [2.24, 2.45) is 5.92 Å². The van der Waals surface area contributed by atoms with Crippen molar-refractivity contribution in [1.29, 1.82) is 0 Å². The summed E-state index contributed by atoms with van der Waals surface area (Å²) in [5, 5.41) is 7.72. The van der Waals surface area contributed by atoms with Crippen LogP contribution in [0.5, 0.6) is 0 Å². The number of allylic oxidation sites excluding steroid dienone is 1. The van der Waals surface area contributed by atoms with Crippen LogP contribution in [-0.4, -0.2) is 33.7 Å². The van der Waals surface area contributed by atoms with Gasteiger partial charge >= 0.3 is 0 Å². The second-order valence-corrected chi connectivity index (χ2v) is 6.90. The van der Waals surface area contributed by atoms with E-state index in [1.54, 1.807) is 0 Å². The highest BCUT2D eigenvalue weighted by molar-refractivity contribution is 5.79. The van der Waals surface area contributed by atoms with Crippen LogP contribution in [0.15, 0.2) is 17.7 Å². The fourth-order valence-electron chi connectivity index (χ4n) is 3.25. The first-order chi connectivity index (χ1) is 11.2. The molecule has 3 rings (SSSR count). The van der Waals surface area contributed by atoms with Gasteiger partial charge in [0.05, 0.1) is 17.9 Å². The van der Waals surface area contributed by atoms with E-state index in [9.17, 15) is 4.79 Å². The lowest BCUT2D eigenvalue weighted by Gasteiger charge is -2.23. The number of aromatic nitrogens is 2. The normalized spacial score (nSPS) is 19.8. The van der Waals surface area contributed by atoms with E-state index >= 15 is 0 Å². The number of nitrogens with one attached hydrogen (secondary N) is 1. The van der Waals surface area contributed by atoms with Gasteiger partial charge in [-0.3, -0.25) is 14.4 Å². The number of hydrogen-bond acceptors (Lipinski definition) is 3. The minimum atomic E-state index is 0.199. The van der Waals surface area contributed by atoms with Crippen LogP contribution in [0, 0.1) is 5.92 Å². The minimum absolute atomic E-state index is 0.199. The van der Waals surface area contributed by atoms with Gasteiger partial charge in [0.2, 0.25) is 5.91 Å². The van der Waals surface area contributed by atoms with Crippen molar-refractivity contribution in [3.05, 3.63) is 29.1 Å². The molecule has 1 saturated carbocycles. The molecule has 1 fully saturated rings. The van der Waals surface area contributed by atoms with Crippen molar-refractivity contribution in [2.45, 2.75) is 59.2 Å². The first-order valence-electron chi connectivity index (χ1n) is 8.83. The number of aryl methyl sites for hydroxylation is 1. The van der Waals surface area contributed by atoms with Gasteiger partial charge in [-0.05, 0) is 39.2 Å². The molecule has 0 spiro atoms. The molecule has 1 aliphatic heterocycles. The first kappa shape index (κ1) is 16.2. The average molecular weight is 316 g/mol. The summed E-state index contributed by atoms with van der Waals surface area (Å²) in [4.78, 5) is 14.4. The van der Waals surface area contributed by atoms with Crippen LogP contribution in [0.3, 0.4) is 0 Å². The number of rotatable bonds is 5. The second-order valence-electron chi connectivity index (χ2n) is 6.90. The van der Waals surface area contributed by atoms with Crippen LogP contribution in [-0.2, 0) is 24.4 Å². The Bertz CT molecular complexity index is 586. The van der Waals surface area contributed by atoms with Gasteiger partial charge in [-0.2, -0.15) is 5.10 Å². The van der Waals surface area contributed by atoms with Crippen molar-refractivity contribution < 1.29 is 4.79 Å². The summed E-state index contributed by atoms with van der Waals surface area (Å²) in [6, 6.07) is 2.16. The van der Waals surface area contributed by atoms with Crippen LogP contribution in [0.4, 0.5) is 0 Å². The maximum Gasteiger partial charge on any atom is 0.223 e. The molecule has 5 nitrogen and oxygen atoms in total. The number of carbonyl (C=O) groups is 1. The molecule has 1 aliphatic carbocycles. The molecular weight excluding hydrogens is 288 g/mol. The van der Waals surface area contributed by atoms with E-state index in [1.807, 2.05) is 0 Å². The summed E-state index contributed by atoms with van der Waals surface area (Å²) in [5.74, 6) is 0.444. The highest BCUT2D eigenvalue weighted by Gasteiger charge is 2.25. The monoisotopic (exact) mass is 316 g/mol. The second kappa shape index (κ2) is 7.30. The SMILES string of the molecule is CC=C(C)CN1CCCn2nc(CNC(=O)C3CCC3)cc2C1. The number of carbonyl (C=O) groups excluding carboxylic acids is 1. The lowest BCUT2D eigenvalue weighted by molar-refractivity contribution is -0.127. The third-order valence-corrected chi connectivity index (χ3v) is 5.03. The maximum atomic E-state index is 11.9. The summed E-state index contributed by atoms with van der Waals surface area (Å²) in [7, 11) is 0. The predicted octanol–water partition coefficient (Wildman–Crippen LogP) is 2.47. The number of hydrogen-bond donors (Lipinski definition) is 1. The summed E-state index contributed by atoms with van der Waals surface area (Å²) in [6.07, 6.45) is 6.59. The molecule has 1 aromatic rings. The van der Waals surface area contributed by atoms with Crippen molar-refractivity contribution >= 4 is 5.91 Å². The highest BCUT2D eigenvalue weighted by Crippen LogP contribution is 2.26. The van der Waals surface area contributed by atoms with Gasteiger partial charge in [0.15, 0.2) is 0 Å². The summed E-state index contributed by atoms with van der Waals surface area (Å²) in [6.45, 7) is 8.89. The Morgan fingerprint density at radius 1 is 1.39 bits per heavy atom. The zero-order valence-corrected chi connectivity index (χ0v) is 14.3. The Kier molecular flexibility index (Phi) is 5.16. The van der Waals surface area contributed by atoms with E-state index in [2.05, 4.69) is 46.0 Å². The molecule has 2 aliphatic rings. The largest absolute Gasteiger partial charge is 0.350 e. The third kappa shape index (κ3) is 4.02. The summed E-state index contributed by atoms with van der Waals surface area (Å²) >= 11 is 0. The van der Waals surface area contributed by atoms with Crippen molar-refractivity contribution in [1.82, 2.24) is 20.0 Å². The molecule has 1 N–H and O–H groups in total. The average Bonchev–Trinajstić information content (AvgIpc) is 2.76. The zero-order chi connectivity index (χ0) is 16.2. The lowest BCUT2D eigenvalue weighted by Crippen LogP contribution is -2.34. The van der Waals surface area contributed by atoms with Crippen LogP contribution < -0.4 is 5.32 Å². The van der Waals surface area contributed by atoms with E-state index in [0.29, 0.717) is 6.54 Å². The van der Waals surface area contributed by atoms with Gasteiger partial charge in [0.1, 0.15) is 0 Å². The molecule has 0 saturated heterocycles. The van der Waals surface area contributed by atoms with E-state index in [1.165, 1.54) is 17.7 Å². The van der Waals surface area contributed by atoms with Crippen LogP contribution >= 0.6 is 0 Å². The number of fused-ring (bicyclic) bond motifs is 1. The Morgan fingerprint density at radius 2 is 2.22 bits per heavy atom. The fourth-order valence-corrected chi connectivity index (χ4v) is 3.25. The predicted molar refractivity (Wildman–Crippen MR) is 90.7 cm³/mol. The molecule has 126 valence electrons. The fraction of sp³-hybridized carbons (Fsp3) is 0.667. The molecule has 0 radical (unpaired) electrons. The molecule has 1 aromatic heterocycles. The maximum absolute atomic E-state index is 11.9. The topological polar surface area (TPSA) is 50.2 Å². The van der Waals surface area contributed by atoms with Crippen molar-refractivity contribution in [3.8, 4) is 0 Å². The van der Waals surface area contributed by atoms with E-state index < -0.39 is 0 Å². The Hall–Kier alpha value is -1.62. The van der Waals surface area contributed by atoms with Gasteiger partial charge in [-0.15, -0.1) is 0 Å². The van der Waals surface area contributed by atoms with Crippen molar-refractivity contribution in [2.75, 3.05) is 13.1 Å². The molecule has 2 heterocycles. The molecule has 0 unspecified atom stereocenters. The van der Waals surface area contributed by atoms with Crippen LogP contribution in [0.2, 0.25) is 0 Å². The molecule has 5 heteroatoms. The summed E-state index contributed by atoms with van der Waals surface area (Å²) < 4.78 is 2.12. The molecule has 0 aromatic carbocycles. The quantitative estimate of drug-likeness (QED) is 0.849. The lowest BCUT2D eigenvalue weighted by atomic mass is 9.85. The van der Waals surface area contributed by atoms with E-state index in [-0.39, 0.29) is 11.8 Å². The third-order valence-electron chi connectivity index (χ3n) is 5.03. The van der Waals surface area contributed by atoms with E-state index in [0.717, 1.165) is 51.1 Å². The number of amides is 1. The molecule has 23 heavy (non-hydrogen) atoms. The summed E-state index contributed by atoms with van der Waals surface area (Å²) in [5.41, 5.74) is 3.66.